The molecule has 2 nitrogen and oxygen atoms in total. The van der Waals surface area contributed by atoms with E-state index in [9.17, 15) is 4.39 Å². The fourth-order valence-corrected chi connectivity index (χ4v) is 3.10. The number of nitrogens with zero attached hydrogens (tertiary/aromatic N) is 1. The van der Waals surface area contributed by atoms with E-state index in [0.717, 1.165) is 21.4 Å². The van der Waals surface area contributed by atoms with E-state index in [2.05, 4.69) is 11.1 Å². The van der Waals surface area contributed by atoms with Crippen LogP contribution in [0, 0.1) is 5.82 Å². The van der Waals surface area contributed by atoms with Gasteiger partial charge in [-0.15, -0.1) is 11.8 Å². The summed E-state index contributed by atoms with van der Waals surface area (Å²) < 4.78 is 13.1. The topological polar surface area (TPSA) is 38.9 Å². The SMILES string of the molecule is NC(CSc1cccc(F)c1)c1ccc2ncccc2c1. The summed E-state index contributed by atoms with van der Waals surface area (Å²) in [6, 6.07) is 16.5. The van der Waals surface area contributed by atoms with Crippen molar-refractivity contribution >= 4 is 22.7 Å². The summed E-state index contributed by atoms with van der Waals surface area (Å²) in [4.78, 5) is 5.19. The van der Waals surface area contributed by atoms with E-state index in [1.807, 2.05) is 30.3 Å². The van der Waals surface area contributed by atoms with Crippen LogP contribution in [0.25, 0.3) is 10.9 Å². The average molecular weight is 298 g/mol. The molecule has 2 aromatic carbocycles. The van der Waals surface area contributed by atoms with Crippen molar-refractivity contribution in [1.82, 2.24) is 4.98 Å². The van der Waals surface area contributed by atoms with E-state index in [1.165, 1.54) is 12.1 Å². The van der Waals surface area contributed by atoms with Crippen molar-refractivity contribution in [2.75, 3.05) is 5.75 Å². The van der Waals surface area contributed by atoms with E-state index in [-0.39, 0.29) is 11.9 Å². The van der Waals surface area contributed by atoms with Gasteiger partial charge in [-0.1, -0.05) is 18.2 Å². The maximum absolute atomic E-state index is 13.1. The van der Waals surface area contributed by atoms with Gasteiger partial charge in [-0.25, -0.2) is 4.39 Å². The van der Waals surface area contributed by atoms with Crippen LogP contribution in [0.2, 0.25) is 0 Å². The van der Waals surface area contributed by atoms with Gasteiger partial charge >= 0.3 is 0 Å². The number of fused-ring (bicyclic) bond motifs is 1. The molecule has 0 aliphatic heterocycles. The molecule has 2 N–H and O–H groups in total. The molecule has 106 valence electrons. The van der Waals surface area contributed by atoms with E-state index in [0.29, 0.717) is 5.75 Å². The maximum Gasteiger partial charge on any atom is 0.124 e. The van der Waals surface area contributed by atoms with Crippen LogP contribution >= 0.6 is 11.8 Å². The molecule has 0 amide bonds. The zero-order valence-corrected chi connectivity index (χ0v) is 12.2. The number of rotatable bonds is 4. The molecule has 4 heteroatoms. The second kappa shape index (κ2) is 6.24. The van der Waals surface area contributed by atoms with Gasteiger partial charge in [-0.3, -0.25) is 4.98 Å². The zero-order chi connectivity index (χ0) is 14.7. The Bertz CT molecular complexity index is 760. The maximum atomic E-state index is 13.1. The molecule has 0 saturated heterocycles. The number of halogens is 1. The number of pyridine rings is 1. The van der Waals surface area contributed by atoms with Gasteiger partial charge in [0.15, 0.2) is 0 Å². The third-order valence-corrected chi connectivity index (χ3v) is 4.39. The Kier molecular flexibility index (Phi) is 4.18. The van der Waals surface area contributed by atoms with E-state index in [4.69, 9.17) is 5.73 Å². The minimum absolute atomic E-state index is 0.0946. The third-order valence-electron chi connectivity index (χ3n) is 3.28. The largest absolute Gasteiger partial charge is 0.323 e. The first kappa shape index (κ1) is 14.0. The smallest absolute Gasteiger partial charge is 0.124 e. The third kappa shape index (κ3) is 3.40. The van der Waals surface area contributed by atoms with Gasteiger partial charge in [-0.2, -0.15) is 0 Å². The monoisotopic (exact) mass is 298 g/mol. The van der Waals surface area contributed by atoms with Gasteiger partial charge in [0, 0.05) is 28.3 Å². The number of benzene rings is 2. The van der Waals surface area contributed by atoms with E-state index < -0.39 is 0 Å². The van der Waals surface area contributed by atoms with Crippen LogP contribution in [0.1, 0.15) is 11.6 Å². The fraction of sp³-hybridized carbons (Fsp3) is 0.118. The Morgan fingerprint density at radius 1 is 1.10 bits per heavy atom. The van der Waals surface area contributed by atoms with Crippen molar-refractivity contribution in [3.05, 3.63) is 72.2 Å². The minimum Gasteiger partial charge on any atom is -0.323 e. The molecule has 0 fully saturated rings. The number of hydrogen-bond donors (Lipinski definition) is 1. The van der Waals surface area contributed by atoms with Crippen LogP contribution in [0.4, 0.5) is 4.39 Å². The van der Waals surface area contributed by atoms with Crippen LogP contribution in [0.15, 0.2) is 65.7 Å². The lowest BCUT2D eigenvalue weighted by molar-refractivity contribution is 0.624. The summed E-state index contributed by atoms with van der Waals surface area (Å²) in [7, 11) is 0. The van der Waals surface area contributed by atoms with Crippen LogP contribution < -0.4 is 5.73 Å². The highest BCUT2D eigenvalue weighted by Gasteiger charge is 2.08. The van der Waals surface area contributed by atoms with E-state index >= 15 is 0 Å². The van der Waals surface area contributed by atoms with Gasteiger partial charge in [0.05, 0.1) is 5.52 Å². The molecule has 0 radical (unpaired) electrons. The molecule has 0 spiro atoms. The Hall–Kier alpha value is -1.91. The molecule has 3 aromatic rings. The van der Waals surface area contributed by atoms with Crippen LogP contribution in [0.3, 0.4) is 0 Å². The van der Waals surface area contributed by atoms with Gasteiger partial charge in [0.25, 0.3) is 0 Å². The Balaban J connectivity index is 1.73. The number of thioether (sulfide) groups is 1. The molecule has 1 unspecified atom stereocenters. The number of hydrogen-bond acceptors (Lipinski definition) is 3. The Labute approximate surface area is 127 Å². The summed E-state index contributed by atoms with van der Waals surface area (Å²) in [5, 5.41) is 1.08. The molecule has 1 aromatic heterocycles. The normalized spacial score (nSPS) is 12.5. The van der Waals surface area contributed by atoms with Crippen molar-refractivity contribution in [2.24, 2.45) is 5.73 Å². The van der Waals surface area contributed by atoms with Crippen LogP contribution in [-0.4, -0.2) is 10.7 Å². The highest BCUT2D eigenvalue weighted by molar-refractivity contribution is 7.99. The summed E-state index contributed by atoms with van der Waals surface area (Å²) in [6.07, 6.45) is 1.78. The average Bonchev–Trinajstić information content (AvgIpc) is 2.52. The van der Waals surface area contributed by atoms with E-state index in [1.54, 1.807) is 24.0 Å². The van der Waals surface area contributed by atoms with Crippen LogP contribution in [0.5, 0.6) is 0 Å². The number of nitrogens with two attached hydrogens (primary N) is 1. The molecular weight excluding hydrogens is 283 g/mol. The molecule has 0 aliphatic rings. The van der Waals surface area contributed by atoms with Gasteiger partial charge in [0.2, 0.25) is 0 Å². The molecule has 1 heterocycles. The van der Waals surface area contributed by atoms with Crippen molar-refractivity contribution in [3.63, 3.8) is 0 Å². The molecule has 21 heavy (non-hydrogen) atoms. The highest BCUT2D eigenvalue weighted by Crippen LogP contribution is 2.25. The van der Waals surface area contributed by atoms with Gasteiger partial charge in [0.1, 0.15) is 5.82 Å². The zero-order valence-electron chi connectivity index (χ0n) is 11.4. The second-order valence-corrected chi connectivity index (χ2v) is 5.92. The van der Waals surface area contributed by atoms with Crippen molar-refractivity contribution in [1.29, 1.82) is 0 Å². The predicted octanol–water partition coefficient (Wildman–Crippen LogP) is 4.17. The second-order valence-electron chi connectivity index (χ2n) is 4.83. The summed E-state index contributed by atoms with van der Waals surface area (Å²) >= 11 is 1.56. The lowest BCUT2D eigenvalue weighted by atomic mass is 10.1. The van der Waals surface area contributed by atoms with Gasteiger partial charge < -0.3 is 5.73 Å². The molecule has 0 bridgehead atoms. The Morgan fingerprint density at radius 3 is 2.86 bits per heavy atom. The number of aromatic nitrogens is 1. The van der Waals surface area contributed by atoms with Crippen LogP contribution in [-0.2, 0) is 0 Å². The van der Waals surface area contributed by atoms with Crippen molar-refractivity contribution in [3.8, 4) is 0 Å². The first-order valence-electron chi connectivity index (χ1n) is 6.71. The molecule has 3 rings (SSSR count). The predicted molar refractivity (Wildman–Crippen MR) is 85.8 cm³/mol. The summed E-state index contributed by atoms with van der Waals surface area (Å²) in [6.45, 7) is 0. The molecule has 1 atom stereocenters. The first-order chi connectivity index (χ1) is 10.2. The molecule has 0 aliphatic carbocycles. The minimum atomic E-state index is -0.217. The summed E-state index contributed by atoms with van der Waals surface area (Å²) in [5.74, 6) is 0.486. The lowest BCUT2D eigenvalue weighted by Crippen LogP contribution is -2.12. The molecular formula is C17H15FN2S. The molecule has 0 saturated carbocycles. The highest BCUT2D eigenvalue weighted by atomic mass is 32.2. The quantitative estimate of drug-likeness (QED) is 0.735. The standard InChI is InChI=1S/C17H15FN2S/c18-14-4-1-5-15(10-14)21-11-16(19)12-6-7-17-13(9-12)3-2-8-20-17/h1-10,16H,11,19H2. The Morgan fingerprint density at radius 2 is 2.00 bits per heavy atom. The van der Waals surface area contributed by atoms with Gasteiger partial charge in [-0.05, 0) is 42.0 Å². The van der Waals surface area contributed by atoms with Crippen molar-refractivity contribution < 1.29 is 4.39 Å². The first-order valence-corrected chi connectivity index (χ1v) is 7.69. The van der Waals surface area contributed by atoms with Crippen molar-refractivity contribution in [2.45, 2.75) is 10.9 Å². The lowest BCUT2D eigenvalue weighted by Gasteiger charge is -2.12. The fourth-order valence-electron chi connectivity index (χ4n) is 2.16. The summed E-state index contributed by atoms with van der Waals surface area (Å²) in [5.41, 5.74) is 8.27.